The lowest BCUT2D eigenvalue weighted by molar-refractivity contribution is -0.0407. The van der Waals surface area contributed by atoms with E-state index in [-0.39, 0.29) is 6.42 Å². The van der Waals surface area contributed by atoms with Crippen molar-refractivity contribution in [1.29, 1.82) is 0 Å². The van der Waals surface area contributed by atoms with Crippen LogP contribution in [0.4, 0.5) is 0 Å². The molecule has 0 fully saturated rings. The van der Waals surface area contributed by atoms with Gasteiger partial charge in [-0.05, 0) is 5.92 Å². The van der Waals surface area contributed by atoms with E-state index in [0.717, 1.165) is 6.16 Å². The summed E-state index contributed by atoms with van der Waals surface area (Å²) in [7, 11) is -1.55. The zero-order valence-corrected chi connectivity index (χ0v) is 8.08. The Morgan fingerprint density at radius 1 is 1.36 bits per heavy atom. The molecule has 0 aromatic rings. The molecule has 0 spiro atoms. The van der Waals surface area contributed by atoms with Gasteiger partial charge in [0.05, 0.1) is 7.80 Å². The number of hydrogen-bond donors (Lipinski definition) is 2. The molecule has 1 atom stereocenters. The number of hydrogen-bond acceptors (Lipinski definition) is 3. The molecule has 0 bridgehead atoms. The first-order chi connectivity index (χ1) is 5.02. The fraction of sp³-hybridized carbons (Fsp3) is 1.00. The van der Waals surface area contributed by atoms with Gasteiger partial charge in [0, 0.05) is 18.7 Å². The zero-order chi connectivity index (χ0) is 8.85. The quantitative estimate of drug-likeness (QED) is 0.488. The summed E-state index contributed by atoms with van der Waals surface area (Å²) < 4.78 is 11.1. The molecule has 0 aliphatic rings. The second-order valence-corrected chi connectivity index (χ2v) is 5.14. The fourth-order valence-corrected chi connectivity index (χ4v) is 2.54. The Labute approximate surface area is 68.2 Å². The maximum atomic E-state index is 11.1. The van der Waals surface area contributed by atoms with E-state index in [1.165, 1.54) is 0 Å². The zero-order valence-electron chi connectivity index (χ0n) is 7.08. The molecule has 0 heterocycles. The van der Waals surface area contributed by atoms with Crippen LogP contribution in [0.3, 0.4) is 0 Å². The molecule has 0 aliphatic carbocycles. The van der Waals surface area contributed by atoms with Gasteiger partial charge in [-0.2, -0.15) is 0 Å². The van der Waals surface area contributed by atoms with Gasteiger partial charge in [0.25, 0.3) is 0 Å². The van der Waals surface area contributed by atoms with Crippen molar-refractivity contribution in [2.45, 2.75) is 26.6 Å². The summed E-state index contributed by atoms with van der Waals surface area (Å²) in [5.74, 6) is 0.442. The van der Waals surface area contributed by atoms with Crippen LogP contribution < -0.4 is 0 Å². The van der Waals surface area contributed by atoms with Crippen LogP contribution >= 0.6 is 7.80 Å². The Hall–Kier alpha value is 0.150. The van der Waals surface area contributed by atoms with Gasteiger partial charge < -0.3 is 14.8 Å². The maximum Gasteiger partial charge on any atom is 0.151 e. The third kappa shape index (κ3) is 8.05. The summed E-state index contributed by atoms with van der Waals surface area (Å²) in [5, 5.41) is 16.9. The van der Waals surface area contributed by atoms with Crippen molar-refractivity contribution >= 4 is 7.80 Å². The molecule has 11 heavy (non-hydrogen) atoms. The highest BCUT2D eigenvalue weighted by Crippen LogP contribution is 2.24. The van der Waals surface area contributed by atoms with E-state index in [0.29, 0.717) is 12.1 Å². The van der Waals surface area contributed by atoms with Crippen molar-refractivity contribution < 1.29 is 14.8 Å². The van der Waals surface area contributed by atoms with E-state index < -0.39 is 14.1 Å². The largest absolute Gasteiger partial charge is 0.368 e. The first kappa shape index (κ1) is 11.2. The fourth-order valence-electron chi connectivity index (χ4n) is 0.847. The molecule has 0 aliphatic heterocycles. The molecule has 0 aromatic carbocycles. The van der Waals surface area contributed by atoms with Crippen molar-refractivity contribution in [3.63, 3.8) is 0 Å². The van der Waals surface area contributed by atoms with E-state index in [2.05, 4.69) is 0 Å². The molecule has 0 amide bonds. The van der Waals surface area contributed by atoms with E-state index in [4.69, 9.17) is 10.2 Å². The molecular weight excluding hydrogens is 163 g/mol. The minimum Gasteiger partial charge on any atom is -0.368 e. The van der Waals surface area contributed by atoms with Crippen molar-refractivity contribution in [2.24, 2.45) is 5.92 Å². The van der Waals surface area contributed by atoms with Gasteiger partial charge in [-0.1, -0.05) is 13.8 Å². The topological polar surface area (TPSA) is 57.5 Å². The maximum absolute atomic E-state index is 11.1. The number of aliphatic hydroxyl groups excluding tert-OH is 1. The predicted octanol–water partition coefficient (Wildman–Crippen LogP) is 0.903. The molecule has 68 valence electrons. The second-order valence-electron chi connectivity index (χ2n) is 3.16. The highest BCUT2D eigenvalue weighted by molar-refractivity contribution is 7.44. The Kier molecular flexibility index (Phi) is 5.83. The molecule has 1 unspecified atom stereocenters. The summed E-state index contributed by atoms with van der Waals surface area (Å²) in [4.78, 5) is 0. The monoisotopic (exact) mass is 180 g/mol. The third-order valence-electron chi connectivity index (χ3n) is 1.32. The Morgan fingerprint density at radius 3 is 2.27 bits per heavy atom. The first-order valence-electron chi connectivity index (χ1n) is 3.90. The van der Waals surface area contributed by atoms with Crippen molar-refractivity contribution in [3.8, 4) is 0 Å². The van der Waals surface area contributed by atoms with Gasteiger partial charge >= 0.3 is 0 Å². The van der Waals surface area contributed by atoms with E-state index in [1.54, 1.807) is 0 Å². The predicted molar refractivity (Wildman–Crippen MR) is 46.4 cm³/mol. The van der Waals surface area contributed by atoms with Gasteiger partial charge in [0.2, 0.25) is 0 Å². The molecule has 0 aromatic heterocycles. The molecule has 3 nitrogen and oxygen atoms in total. The highest BCUT2D eigenvalue weighted by Gasteiger charge is 2.05. The molecule has 0 radical (unpaired) electrons. The van der Waals surface area contributed by atoms with E-state index in [1.807, 2.05) is 13.8 Å². The standard InChI is InChI=1S/C7H17O3P/c1-6(2)5-11(10)4-3-7(8)9/h6-9,11H,3-5H2,1-2H3. The molecule has 0 saturated carbocycles. The minimum absolute atomic E-state index is 0.241. The SMILES string of the molecule is CC(C)C[PH](=O)CCC(O)O. The lowest BCUT2D eigenvalue weighted by Gasteiger charge is -2.05. The van der Waals surface area contributed by atoms with E-state index in [9.17, 15) is 4.57 Å². The summed E-state index contributed by atoms with van der Waals surface area (Å²) in [5.41, 5.74) is 0. The second kappa shape index (κ2) is 5.76. The first-order valence-corrected chi connectivity index (χ1v) is 5.72. The van der Waals surface area contributed by atoms with Crippen LogP contribution in [0.1, 0.15) is 20.3 Å². The van der Waals surface area contributed by atoms with Gasteiger partial charge in [-0.25, -0.2) is 0 Å². The van der Waals surface area contributed by atoms with Gasteiger partial charge in [0.15, 0.2) is 6.29 Å². The van der Waals surface area contributed by atoms with Crippen LogP contribution in [0.15, 0.2) is 0 Å². The Balaban J connectivity index is 3.38. The summed E-state index contributed by atoms with van der Waals surface area (Å²) in [6.45, 7) is 4.02. The number of aliphatic hydroxyl groups is 2. The Morgan fingerprint density at radius 2 is 1.91 bits per heavy atom. The van der Waals surface area contributed by atoms with Crippen molar-refractivity contribution in [3.05, 3.63) is 0 Å². The lowest BCUT2D eigenvalue weighted by atomic mass is 10.3. The normalized spacial score (nSPS) is 14.4. The average Bonchev–Trinajstić information content (AvgIpc) is 1.82. The third-order valence-corrected chi connectivity index (χ3v) is 3.44. The van der Waals surface area contributed by atoms with E-state index >= 15 is 0 Å². The smallest absolute Gasteiger partial charge is 0.151 e. The minimum atomic E-state index is -1.55. The molecule has 0 saturated heterocycles. The Bertz CT molecular complexity index is 123. The summed E-state index contributed by atoms with van der Waals surface area (Å²) in [6, 6.07) is 0. The van der Waals surface area contributed by atoms with Crippen LogP contribution in [0.25, 0.3) is 0 Å². The lowest BCUT2D eigenvalue weighted by Crippen LogP contribution is -2.05. The molecule has 2 N–H and O–H groups in total. The molecule has 4 heteroatoms. The van der Waals surface area contributed by atoms with Crippen molar-refractivity contribution in [1.82, 2.24) is 0 Å². The van der Waals surface area contributed by atoms with Crippen LogP contribution in [0, 0.1) is 5.92 Å². The van der Waals surface area contributed by atoms with Gasteiger partial charge in [0.1, 0.15) is 0 Å². The van der Waals surface area contributed by atoms with Crippen molar-refractivity contribution in [2.75, 3.05) is 12.3 Å². The van der Waals surface area contributed by atoms with Crippen LogP contribution in [0.2, 0.25) is 0 Å². The highest BCUT2D eigenvalue weighted by atomic mass is 31.1. The van der Waals surface area contributed by atoms with Crippen LogP contribution in [0.5, 0.6) is 0 Å². The van der Waals surface area contributed by atoms with Gasteiger partial charge in [-0.3, -0.25) is 0 Å². The van der Waals surface area contributed by atoms with Crippen LogP contribution in [-0.2, 0) is 4.57 Å². The number of rotatable bonds is 5. The summed E-state index contributed by atoms with van der Waals surface area (Å²) in [6.07, 6.45) is 0.124. The van der Waals surface area contributed by atoms with Crippen LogP contribution in [-0.4, -0.2) is 28.8 Å². The summed E-state index contributed by atoms with van der Waals surface area (Å²) >= 11 is 0. The molecular formula is C7H17O3P. The average molecular weight is 180 g/mol. The van der Waals surface area contributed by atoms with Gasteiger partial charge in [-0.15, -0.1) is 0 Å². The molecule has 0 rings (SSSR count).